The summed E-state index contributed by atoms with van der Waals surface area (Å²) in [6, 6.07) is 7.91. The van der Waals surface area contributed by atoms with E-state index in [1.165, 1.54) is 0 Å². The van der Waals surface area contributed by atoms with Gasteiger partial charge in [0, 0.05) is 43.4 Å². The maximum atomic E-state index is 8.82. The molecule has 1 fully saturated rings. The van der Waals surface area contributed by atoms with Crippen molar-refractivity contribution in [2.45, 2.75) is 34.6 Å². The third-order valence-corrected chi connectivity index (χ3v) is 6.21. The van der Waals surface area contributed by atoms with E-state index in [4.69, 9.17) is 19.7 Å². The van der Waals surface area contributed by atoms with Crippen molar-refractivity contribution in [1.82, 2.24) is 4.98 Å². The van der Waals surface area contributed by atoms with Gasteiger partial charge in [0.05, 0.1) is 11.4 Å². The normalized spacial score (nSPS) is 17.8. The lowest BCUT2D eigenvalue weighted by atomic mass is 9.91. The molecule has 0 atom stereocenters. The number of oxime groups is 1. The quantitative estimate of drug-likeness (QED) is 0.491. The molecule has 5 nitrogen and oxygen atoms in total. The van der Waals surface area contributed by atoms with Crippen LogP contribution in [0.4, 0.5) is 0 Å². The molecule has 1 aromatic heterocycles. The van der Waals surface area contributed by atoms with Gasteiger partial charge in [0.25, 0.3) is 0 Å². The van der Waals surface area contributed by atoms with Crippen LogP contribution in [0.2, 0.25) is 0 Å². The maximum Gasteiger partial charge on any atom is 0.155 e. The van der Waals surface area contributed by atoms with E-state index < -0.39 is 0 Å². The lowest BCUT2D eigenvalue weighted by molar-refractivity contribution is -0.0971. The SMILES string of the molecule is COC1(c2csc(Sc3ccc(/C(C)=N/O)cc3)n2)CCOCC1. The molecule has 1 aliphatic heterocycles. The van der Waals surface area contributed by atoms with Gasteiger partial charge >= 0.3 is 0 Å². The number of nitrogens with zero attached hydrogens (tertiary/aromatic N) is 2. The van der Waals surface area contributed by atoms with E-state index in [0.717, 1.165) is 33.3 Å². The highest BCUT2D eigenvalue weighted by Gasteiger charge is 2.36. The molecule has 128 valence electrons. The first-order chi connectivity index (χ1) is 11.7. The molecule has 24 heavy (non-hydrogen) atoms. The van der Waals surface area contributed by atoms with Gasteiger partial charge in [0.15, 0.2) is 4.34 Å². The van der Waals surface area contributed by atoms with E-state index in [2.05, 4.69) is 10.5 Å². The van der Waals surface area contributed by atoms with Crippen LogP contribution in [-0.4, -0.2) is 36.2 Å². The van der Waals surface area contributed by atoms with Crippen molar-refractivity contribution in [2.24, 2.45) is 5.16 Å². The predicted molar refractivity (Wildman–Crippen MR) is 95.4 cm³/mol. The van der Waals surface area contributed by atoms with E-state index >= 15 is 0 Å². The summed E-state index contributed by atoms with van der Waals surface area (Å²) in [7, 11) is 1.75. The van der Waals surface area contributed by atoms with Crippen molar-refractivity contribution >= 4 is 28.8 Å². The fraction of sp³-hybridized carbons (Fsp3) is 0.412. The highest BCUT2D eigenvalue weighted by Crippen LogP contribution is 2.39. The minimum absolute atomic E-state index is 0.313. The highest BCUT2D eigenvalue weighted by molar-refractivity contribution is 8.01. The summed E-state index contributed by atoms with van der Waals surface area (Å²) in [6.45, 7) is 3.19. The average molecular weight is 364 g/mol. The van der Waals surface area contributed by atoms with Crippen LogP contribution in [0.1, 0.15) is 31.0 Å². The Morgan fingerprint density at radius 1 is 1.33 bits per heavy atom. The van der Waals surface area contributed by atoms with Gasteiger partial charge in [0.2, 0.25) is 0 Å². The fourth-order valence-corrected chi connectivity index (χ4v) is 4.58. The standard InChI is InChI=1S/C17H20N2O3S2/c1-12(19-20)13-3-5-14(6-4-13)24-16-18-15(11-23-16)17(21-2)7-9-22-10-8-17/h3-6,11,20H,7-10H2,1-2H3/b19-12+. The van der Waals surface area contributed by atoms with E-state index in [9.17, 15) is 0 Å². The van der Waals surface area contributed by atoms with Crippen molar-refractivity contribution in [3.63, 3.8) is 0 Å². The average Bonchev–Trinajstić information content (AvgIpc) is 3.11. The third kappa shape index (κ3) is 3.64. The minimum Gasteiger partial charge on any atom is -0.411 e. The number of thiazole rings is 1. The number of rotatable bonds is 5. The number of benzene rings is 1. The van der Waals surface area contributed by atoms with Crippen molar-refractivity contribution in [2.75, 3.05) is 20.3 Å². The molecular formula is C17H20N2O3S2. The number of methoxy groups -OCH3 is 1. The Morgan fingerprint density at radius 3 is 2.67 bits per heavy atom. The van der Waals surface area contributed by atoms with Gasteiger partial charge in [-0.2, -0.15) is 0 Å². The number of aromatic nitrogens is 1. The van der Waals surface area contributed by atoms with Crippen molar-refractivity contribution in [1.29, 1.82) is 0 Å². The van der Waals surface area contributed by atoms with E-state index in [1.54, 1.807) is 37.1 Å². The summed E-state index contributed by atoms with van der Waals surface area (Å²) < 4.78 is 12.2. The van der Waals surface area contributed by atoms with E-state index in [0.29, 0.717) is 18.9 Å². The molecule has 0 aliphatic carbocycles. The lowest BCUT2D eigenvalue weighted by Crippen LogP contribution is -2.35. The largest absolute Gasteiger partial charge is 0.411 e. The van der Waals surface area contributed by atoms with Crippen LogP contribution in [-0.2, 0) is 15.1 Å². The Kier molecular flexibility index (Phi) is 5.55. The van der Waals surface area contributed by atoms with Crippen molar-refractivity contribution in [3.8, 4) is 0 Å². The van der Waals surface area contributed by atoms with E-state index in [1.807, 2.05) is 24.3 Å². The first-order valence-electron chi connectivity index (χ1n) is 7.73. The molecule has 1 aromatic carbocycles. The Hall–Kier alpha value is -1.41. The Labute approximate surface area is 149 Å². The number of ether oxygens (including phenoxy) is 2. The molecule has 0 saturated carbocycles. The summed E-state index contributed by atoms with van der Waals surface area (Å²) in [5.74, 6) is 0. The molecule has 7 heteroatoms. The third-order valence-electron chi connectivity index (χ3n) is 4.27. The van der Waals surface area contributed by atoms with Crippen LogP contribution in [0.5, 0.6) is 0 Å². The molecule has 2 aromatic rings. The smallest absolute Gasteiger partial charge is 0.155 e. The Bertz CT molecular complexity index is 707. The van der Waals surface area contributed by atoms with Gasteiger partial charge in [-0.15, -0.1) is 11.3 Å². The zero-order valence-corrected chi connectivity index (χ0v) is 15.3. The topological polar surface area (TPSA) is 63.9 Å². The fourth-order valence-electron chi connectivity index (χ4n) is 2.70. The van der Waals surface area contributed by atoms with Gasteiger partial charge in [0.1, 0.15) is 5.60 Å². The molecule has 3 rings (SSSR count). The van der Waals surface area contributed by atoms with Crippen LogP contribution in [0.15, 0.2) is 44.0 Å². The van der Waals surface area contributed by atoms with Crippen LogP contribution < -0.4 is 0 Å². The molecule has 0 spiro atoms. The van der Waals surface area contributed by atoms with E-state index in [-0.39, 0.29) is 5.60 Å². The maximum absolute atomic E-state index is 8.82. The molecule has 0 unspecified atom stereocenters. The second-order valence-corrected chi connectivity index (χ2v) is 7.80. The zero-order valence-electron chi connectivity index (χ0n) is 13.7. The van der Waals surface area contributed by atoms with Crippen LogP contribution in [0.25, 0.3) is 0 Å². The molecule has 0 radical (unpaired) electrons. The second kappa shape index (κ2) is 7.65. The zero-order chi connectivity index (χ0) is 17.0. The highest BCUT2D eigenvalue weighted by atomic mass is 32.2. The summed E-state index contributed by atoms with van der Waals surface area (Å²) in [6.07, 6.45) is 1.68. The first-order valence-corrected chi connectivity index (χ1v) is 9.42. The summed E-state index contributed by atoms with van der Waals surface area (Å²) in [5.41, 5.74) is 2.19. The van der Waals surface area contributed by atoms with Crippen molar-refractivity contribution in [3.05, 3.63) is 40.9 Å². The molecule has 0 bridgehead atoms. The van der Waals surface area contributed by atoms with Gasteiger partial charge in [-0.05, 0) is 24.6 Å². The second-order valence-electron chi connectivity index (χ2n) is 5.62. The minimum atomic E-state index is -0.313. The van der Waals surface area contributed by atoms with Gasteiger partial charge in [-0.25, -0.2) is 4.98 Å². The van der Waals surface area contributed by atoms with Crippen LogP contribution in [0, 0.1) is 0 Å². The first kappa shape index (κ1) is 17.4. The Balaban J connectivity index is 1.74. The number of hydrogen-bond donors (Lipinski definition) is 1. The summed E-state index contributed by atoms with van der Waals surface area (Å²) in [5, 5.41) is 14.1. The molecule has 1 N–H and O–H groups in total. The lowest BCUT2D eigenvalue weighted by Gasteiger charge is -2.34. The predicted octanol–water partition coefficient (Wildman–Crippen LogP) is 4.14. The molecular weight excluding hydrogens is 344 g/mol. The summed E-state index contributed by atoms with van der Waals surface area (Å²) in [4.78, 5) is 5.88. The molecule has 1 saturated heterocycles. The molecule has 0 amide bonds. The molecule has 2 heterocycles. The van der Waals surface area contributed by atoms with Gasteiger partial charge < -0.3 is 14.7 Å². The van der Waals surface area contributed by atoms with Gasteiger partial charge in [-0.1, -0.05) is 29.1 Å². The Morgan fingerprint density at radius 2 is 2.04 bits per heavy atom. The number of hydrogen-bond acceptors (Lipinski definition) is 7. The summed E-state index contributed by atoms with van der Waals surface area (Å²) >= 11 is 3.26. The van der Waals surface area contributed by atoms with Gasteiger partial charge in [-0.3, -0.25) is 0 Å². The van der Waals surface area contributed by atoms with Crippen LogP contribution >= 0.6 is 23.1 Å². The van der Waals surface area contributed by atoms with Crippen molar-refractivity contribution < 1.29 is 14.7 Å². The molecule has 1 aliphatic rings. The van der Waals surface area contributed by atoms with Crippen LogP contribution in [0.3, 0.4) is 0 Å². The monoisotopic (exact) mass is 364 g/mol.